The van der Waals surface area contributed by atoms with Crippen molar-refractivity contribution in [3.05, 3.63) is 53.1 Å². The van der Waals surface area contributed by atoms with Crippen LogP contribution in [0, 0.1) is 5.82 Å². The predicted octanol–water partition coefficient (Wildman–Crippen LogP) is 2.09. The van der Waals surface area contributed by atoms with Crippen molar-refractivity contribution < 1.29 is 14.0 Å². The van der Waals surface area contributed by atoms with Gasteiger partial charge in [-0.3, -0.25) is 9.69 Å². The average Bonchev–Trinajstić information content (AvgIpc) is 3.31. The lowest BCUT2D eigenvalue weighted by Gasteiger charge is -2.40. The van der Waals surface area contributed by atoms with Crippen molar-refractivity contribution >= 4 is 17.9 Å². The fourth-order valence-corrected chi connectivity index (χ4v) is 3.97. The van der Waals surface area contributed by atoms with Crippen LogP contribution >= 0.6 is 0 Å². The number of hydrogen-bond acceptors (Lipinski definition) is 5. The smallest absolute Gasteiger partial charge is 0.328 e. The summed E-state index contributed by atoms with van der Waals surface area (Å²) < 4.78 is 15.9. The lowest BCUT2D eigenvalue weighted by atomic mass is 10.1. The summed E-state index contributed by atoms with van der Waals surface area (Å²) in [6.45, 7) is 3.94. The number of nitrogens with zero attached hydrogens (tertiary/aromatic N) is 6. The minimum atomic E-state index is -0.687. The molecule has 158 valence electrons. The molecule has 4 rings (SSSR count). The van der Waals surface area contributed by atoms with Gasteiger partial charge in [-0.05, 0) is 25.0 Å². The first-order valence-electron chi connectivity index (χ1n) is 10.1. The van der Waals surface area contributed by atoms with Crippen LogP contribution in [0.2, 0.25) is 0 Å². The van der Waals surface area contributed by atoms with E-state index in [1.807, 2.05) is 19.9 Å². The Morgan fingerprint density at radius 1 is 1.07 bits per heavy atom. The van der Waals surface area contributed by atoms with Gasteiger partial charge in [-0.25, -0.2) is 18.9 Å². The summed E-state index contributed by atoms with van der Waals surface area (Å²) in [7, 11) is 3.39. The summed E-state index contributed by atoms with van der Waals surface area (Å²) in [5.41, 5.74) is 2.22. The monoisotopic (exact) mass is 412 g/mol. The van der Waals surface area contributed by atoms with E-state index in [0.29, 0.717) is 11.5 Å². The second-order valence-electron chi connectivity index (χ2n) is 7.55. The molecule has 2 unspecified atom stereocenters. The zero-order chi connectivity index (χ0) is 21.6. The van der Waals surface area contributed by atoms with E-state index in [1.165, 1.54) is 11.0 Å². The van der Waals surface area contributed by atoms with Gasteiger partial charge in [-0.1, -0.05) is 32.0 Å². The maximum Gasteiger partial charge on any atom is 0.328 e. The first-order chi connectivity index (χ1) is 14.4. The molecule has 0 radical (unpaired) electrons. The van der Waals surface area contributed by atoms with Crippen molar-refractivity contribution in [2.75, 3.05) is 14.1 Å². The summed E-state index contributed by atoms with van der Waals surface area (Å²) >= 11 is 0. The number of amides is 3. The molecular weight excluding hydrogens is 387 g/mol. The van der Waals surface area contributed by atoms with E-state index in [-0.39, 0.29) is 6.54 Å². The molecule has 1 saturated heterocycles. The quantitative estimate of drug-likeness (QED) is 0.771. The molecule has 1 aromatic heterocycles. The third-order valence-corrected chi connectivity index (χ3v) is 5.75. The summed E-state index contributed by atoms with van der Waals surface area (Å²) in [4.78, 5) is 35.2. The fraction of sp³-hybridized carbons (Fsp3) is 0.429. The molecule has 0 N–H and O–H groups in total. The van der Waals surface area contributed by atoms with Crippen LogP contribution in [0.4, 0.5) is 9.18 Å². The molecule has 0 bridgehead atoms. The van der Waals surface area contributed by atoms with Crippen LogP contribution < -0.4 is 0 Å². The highest BCUT2D eigenvalue weighted by Gasteiger charge is 2.51. The van der Waals surface area contributed by atoms with Crippen molar-refractivity contribution in [2.24, 2.45) is 4.99 Å². The van der Waals surface area contributed by atoms with Crippen molar-refractivity contribution in [2.45, 2.75) is 45.4 Å². The first kappa shape index (κ1) is 20.1. The van der Waals surface area contributed by atoms with Gasteiger partial charge in [-0.15, -0.1) is 0 Å². The second kappa shape index (κ2) is 7.55. The van der Waals surface area contributed by atoms with Crippen molar-refractivity contribution in [3.8, 4) is 0 Å². The number of rotatable bonds is 4. The van der Waals surface area contributed by atoms with Gasteiger partial charge in [0, 0.05) is 25.4 Å². The topological polar surface area (TPSA) is 74.0 Å². The Bertz CT molecular complexity index is 1030. The molecule has 2 aromatic rings. The van der Waals surface area contributed by atoms with Crippen LogP contribution in [0.25, 0.3) is 0 Å². The van der Waals surface area contributed by atoms with Gasteiger partial charge in [0.05, 0.1) is 12.2 Å². The minimum absolute atomic E-state index is 0.122. The van der Waals surface area contributed by atoms with E-state index >= 15 is 0 Å². The molecule has 30 heavy (non-hydrogen) atoms. The van der Waals surface area contributed by atoms with Crippen LogP contribution in [-0.2, 0) is 24.2 Å². The molecule has 9 heteroatoms. The Labute approximate surface area is 174 Å². The van der Waals surface area contributed by atoms with Crippen LogP contribution in [0.1, 0.15) is 30.8 Å². The molecule has 0 spiro atoms. The van der Waals surface area contributed by atoms with Gasteiger partial charge in [0.1, 0.15) is 5.82 Å². The van der Waals surface area contributed by atoms with Gasteiger partial charge in [0.25, 0.3) is 5.91 Å². The van der Waals surface area contributed by atoms with Gasteiger partial charge in [-0.2, -0.15) is 5.10 Å². The summed E-state index contributed by atoms with van der Waals surface area (Å²) in [5, 5.41) is 4.62. The number of carbonyl (C=O) groups excluding carboxylic acids is 2. The standard InChI is InChI=1S/C21H25FN6O2/c1-5-14-11-15(6-2)28(24-14)20-23-18-17(25(20)3)19(29)27(21(30)26(18)4)12-13-9-7-8-10-16(13)22/h7-11,17-18H,5-6,12H2,1-4H3. The number of carbonyl (C=O) groups is 2. The molecular formula is C21H25FN6O2. The number of likely N-dealkylation sites (N-methyl/N-ethyl adjacent to an activating group) is 2. The van der Waals surface area contributed by atoms with Crippen LogP contribution in [0.5, 0.6) is 0 Å². The Morgan fingerprint density at radius 2 is 1.80 bits per heavy atom. The van der Waals surface area contributed by atoms with Crippen molar-refractivity contribution in [3.63, 3.8) is 0 Å². The van der Waals surface area contributed by atoms with Crippen molar-refractivity contribution in [1.82, 2.24) is 24.5 Å². The summed E-state index contributed by atoms with van der Waals surface area (Å²) in [5.74, 6) is -0.313. The molecule has 2 atom stereocenters. The number of benzene rings is 1. The van der Waals surface area contributed by atoms with E-state index in [1.54, 1.807) is 41.9 Å². The maximum atomic E-state index is 14.1. The Hall–Kier alpha value is -3.23. The zero-order valence-corrected chi connectivity index (χ0v) is 17.5. The molecule has 2 aliphatic heterocycles. The number of aryl methyl sites for hydroxylation is 2. The van der Waals surface area contributed by atoms with Crippen LogP contribution in [0.15, 0.2) is 35.3 Å². The van der Waals surface area contributed by atoms with E-state index in [9.17, 15) is 14.0 Å². The number of halogens is 1. The highest BCUT2D eigenvalue weighted by molar-refractivity contribution is 6.03. The van der Waals surface area contributed by atoms with Gasteiger partial charge in [0.2, 0.25) is 5.96 Å². The lowest BCUT2D eigenvalue weighted by molar-refractivity contribution is -0.137. The lowest BCUT2D eigenvalue weighted by Crippen LogP contribution is -2.64. The SMILES string of the molecule is CCc1cc(CC)n(C2=NC3C(C(=O)N(Cc4ccccc4F)C(=O)N3C)N2C)n1. The number of urea groups is 1. The third-order valence-electron chi connectivity index (χ3n) is 5.75. The van der Waals surface area contributed by atoms with Crippen LogP contribution in [0.3, 0.4) is 0 Å². The number of aromatic nitrogens is 2. The summed E-state index contributed by atoms with van der Waals surface area (Å²) in [6, 6.07) is 7.00. The van der Waals surface area contributed by atoms with E-state index in [0.717, 1.165) is 29.1 Å². The molecule has 1 fully saturated rings. The molecule has 0 saturated carbocycles. The van der Waals surface area contributed by atoms with E-state index < -0.39 is 30.0 Å². The number of imide groups is 1. The number of aliphatic imine (C=N–C) groups is 1. The molecule has 3 heterocycles. The highest BCUT2D eigenvalue weighted by Crippen LogP contribution is 2.29. The van der Waals surface area contributed by atoms with E-state index in [4.69, 9.17) is 0 Å². The number of fused-ring (bicyclic) bond motifs is 1. The van der Waals surface area contributed by atoms with Gasteiger partial charge < -0.3 is 9.80 Å². The molecule has 3 amide bonds. The molecule has 0 aliphatic carbocycles. The Balaban J connectivity index is 1.67. The maximum absolute atomic E-state index is 14.1. The van der Waals surface area contributed by atoms with Gasteiger partial charge >= 0.3 is 6.03 Å². The normalized spacial score (nSPS) is 21.4. The third kappa shape index (κ3) is 3.05. The highest BCUT2D eigenvalue weighted by atomic mass is 19.1. The predicted molar refractivity (Wildman–Crippen MR) is 109 cm³/mol. The molecule has 8 nitrogen and oxygen atoms in total. The minimum Gasteiger partial charge on any atom is -0.328 e. The summed E-state index contributed by atoms with van der Waals surface area (Å²) in [6.07, 6.45) is 0.899. The van der Waals surface area contributed by atoms with Gasteiger partial charge in [0.15, 0.2) is 12.2 Å². The second-order valence-corrected chi connectivity index (χ2v) is 7.55. The Morgan fingerprint density at radius 3 is 2.47 bits per heavy atom. The fourth-order valence-electron chi connectivity index (χ4n) is 3.97. The zero-order valence-electron chi connectivity index (χ0n) is 17.5. The number of hydrogen-bond donors (Lipinski definition) is 0. The Kier molecular flexibility index (Phi) is 5.05. The largest absolute Gasteiger partial charge is 0.328 e. The van der Waals surface area contributed by atoms with Crippen LogP contribution in [-0.4, -0.2) is 68.7 Å². The average molecular weight is 412 g/mol. The van der Waals surface area contributed by atoms with E-state index in [2.05, 4.69) is 10.1 Å². The van der Waals surface area contributed by atoms with Crippen molar-refractivity contribution in [1.29, 1.82) is 0 Å². The molecule has 1 aromatic carbocycles. The molecule has 2 aliphatic rings. The first-order valence-corrected chi connectivity index (χ1v) is 10.1.